The average molecular weight is 249 g/mol. The molecule has 0 radical (unpaired) electrons. The third-order valence-electron chi connectivity index (χ3n) is 3.84. The lowest BCUT2D eigenvalue weighted by molar-refractivity contribution is 0.129. The summed E-state index contributed by atoms with van der Waals surface area (Å²) in [5.74, 6) is 0.645. The Balaban J connectivity index is 2.48. The van der Waals surface area contributed by atoms with Crippen LogP contribution in [0.3, 0.4) is 0 Å². The third kappa shape index (κ3) is 4.43. The fourth-order valence-electron chi connectivity index (χ4n) is 2.08. The second-order valence-corrected chi connectivity index (χ2v) is 5.68. The van der Waals surface area contributed by atoms with Gasteiger partial charge < -0.3 is 10.0 Å². The fourth-order valence-corrected chi connectivity index (χ4v) is 2.08. The molecule has 2 nitrogen and oxygen atoms in total. The van der Waals surface area contributed by atoms with Crippen molar-refractivity contribution in [2.45, 2.75) is 46.3 Å². The lowest BCUT2D eigenvalue weighted by Gasteiger charge is -2.28. The molecule has 2 atom stereocenters. The standard InChI is InChI=1S/C16H27NO/c1-12(2)14(4)17(5)10-9-16(18)15-8-6-7-13(3)11-15/h6-8,11-12,14,16,18H,9-10H2,1-5H3. The number of aryl methyl sites for hydroxylation is 1. The zero-order valence-corrected chi connectivity index (χ0v) is 12.4. The van der Waals surface area contributed by atoms with Gasteiger partial charge in [0.15, 0.2) is 0 Å². The Morgan fingerprint density at radius 2 is 1.89 bits per heavy atom. The zero-order chi connectivity index (χ0) is 13.7. The minimum Gasteiger partial charge on any atom is -0.388 e. The van der Waals surface area contributed by atoms with E-state index in [1.165, 1.54) is 5.56 Å². The molecule has 0 aliphatic heterocycles. The van der Waals surface area contributed by atoms with Crippen LogP contribution >= 0.6 is 0 Å². The maximum Gasteiger partial charge on any atom is 0.0802 e. The zero-order valence-electron chi connectivity index (χ0n) is 12.4. The van der Waals surface area contributed by atoms with Gasteiger partial charge in [-0.3, -0.25) is 0 Å². The van der Waals surface area contributed by atoms with Gasteiger partial charge in [-0.15, -0.1) is 0 Å². The molecule has 0 spiro atoms. The van der Waals surface area contributed by atoms with Crippen LogP contribution < -0.4 is 0 Å². The monoisotopic (exact) mass is 249 g/mol. The van der Waals surface area contributed by atoms with Crippen LogP contribution in [0.2, 0.25) is 0 Å². The number of aliphatic hydroxyl groups excluding tert-OH is 1. The highest BCUT2D eigenvalue weighted by Gasteiger charge is 2.15. The molecule has 0 bridgehead atoms. The van der Waals surface area contributed by atoms with Crippen molar-refractivity contribution in [3.63, 3.8) is 0 Å². The van der Waals surface area contributed by atoms with Crippen LogP contribution in [0.15, 0.2) is 24.3 Å². The summed E-state index contributed by atoms with van der Waals surface area (Å²) in [4.78, 5) is 2.32. The largest absolute Gasteiger partial charge is 0.388 e. The molecule has 1 rings (SSSR count). The summed E-state index contributed by atoms with van der Waals surface area (Å²) in [7, 11) is 2.13. The van der Waals surface area contributed by atoms with E-state index in [1.54, 1.807) is 0 Å². The first-order valence-corrected chi connectivity index (χ1v) is 6.86. The Kier molecular flexibility index (Phi) is 5.83. The van der Waals surface area contributed by atoms with Crippen LogP contribution in [0, 0.1) is 12.8 Å². The van der Waals surface area contributed by atoms with Crippen LogP contribution in [0.5, 0.6) is 0 Å². The summed E-state index contributed by atoms with van der Waals surface area (Å²) in [6.45, 7) is 9.69. The van der Waals surface area contributed by atoms with Crippen LogP contribution in [0.1, 0.15) is 44.4 Å². The van der Waals surface area contributed by atoms with Gasteiger partial charge >= 0.3 is 0 Å². The lowest BCUT2D eigenvalue weighted by Crippen LogP contribution is -2.34. The van der Waals surface area contributed by atoms with Crippen molar-refractivity contribution in [1.82, 2.24) is 4.90 Å². The van der Waals surface area contributed by atoms with Gasteiger partial charge in [-0.1, -0.05) is 43.7 Å². The highest BCUT2D eigenvalue weighted by Crippen LogP contribution is 2.19. The van der Waals surface area contributed by atoms with E-state index in [2.05, 4.69) is 51.8 Å². The molecule has 1 aromatic rings. The first-order valence-electron chi connectivity index (χ1n) is 6.86. The van der Waals surface area contributed by atoms with Gasteiger partial charge in [0.25, 0.3) is 0 Å². The quantitative estimate of drug-likeness (QED) is 0.835. The Hall–Kier alpha value is -0.860. The molecule has 1 N–H and O–H groups in total. The van der Waals surface area contributed by atoms with Gasteiger partial charge in [0, 0.05) is 12.6 Å². The highest BCUT2D eigenvalue weighted by atomic mass is 16.3. The van der Waals surface area contributed by atoms with E-state index in [1.807, 2.05) is 12.1 Å². The first kappa shape index (κ1) is 15.2. The molecule has 0 saturated carbocycles. The second kappa shape index (κ2) is 6.91. The molecule has 0 aliphatic rings. The molecule has 0 aromatic heterocycles. The topological polar surface area (TPSA) is 23.5 Å². The van der Waals surface area contributed by atoms with E-state index < -0.39 is 0 Å². The number of rotatable bonds is 6. The Morgan fingerprint density at radius 1 is 1.22 bits per heavy atom. The molecular weight excluding hydrogens is 222 g/mol. The summed E-state index contributed by atoms with van der Waals surface area (Å²) in [5, 5.41) is 10.2. The number of nitrogens with zero attached hydrogens (tertiary/aromatic N) is 1. The Labute approximate surface area is 112 Å². The molecule has 0 heterocycles. The highest BCUT2D eigenvalue weighted by molar-refractivity contribution is 5.23. The SMILES string of the molecule is Cc1cccc(C(O)CCN(C)C(C)C(C)C)c1. The van der Waals surface area contributed by atoms with Crippen molar-refractivity contribution in [1.29, 1.82) is 0 Å². The molecule has 1 aromatic carbocycles. The molecule has 0 fully saturated rings. The van der Waals surface area contributed by atoms with Gasteiger partial charge in [0.1, 0.15) is 0 Å². The average Bonchev–Trinajstić information content (AvgIpc) is 2.34. The van der Waals surface area contributed by atoms with E-state index in [9.17, 15) is 5.11 Å². The molecular formula is C16H27NO. The van der Waals surface area contributed by atoms with Crippen molar-refractivity contribution < 1.29 is 5.11 Å². The number of aliphatic hydroxyl groups is 1. The third-order valence-corrected chi connectivity index (χ3v) is 3.84. The Bertz CT molecular complexity index is 362. The minimum absolute atomic E-state index is 0.355. The minimum atomic E-state index is -0.355. The van der Waals surface area contributed by atoms with Gasteiger partial charge in [-0.2, -0.15) is 0 Å². The second-order valence-electron chi connectivity index (χ2n) is 5.68. The van der Waals surface area contributed by atoms with E-state index in [0.29, 0.717) is 12.0 Å². The van der Waals surface area contributed by atoms with E-state index in [-0.39, 0.29) is 6.10 Å². The predicted molar refractivity (Wildman–Crippen MR) is 77.7 cm³/mol. The van der Waals surface area contributed by atoms with E-state index in [4.69, 9.17) is 0 Å². The van der Waals surface area contributed by atoms with E-state index in [0.717, 1.165) is 18.5 Å². The van der Waals surface area contributed by atoms with Crippen molar-refractivity contribution in [3.8, 4) is 0 Å². The molecule has 0 aliphatic carbocycles. The lowest BCUT2D eigenvalue weighted by atomic mass is 10.0. The molecule has 0 amide bonds. The summed E-state index contributed by atoms with van der Waals surface area (Å²) >= 11 is 0. The maximum atomic E-state index is 10.2. The van der Waals surface area contributed by atoms with Gasteiger partial charge in [0.2, 0.25) is 0 Å². The first-order chi connectivity index (χ1) is 8.41. The Morgan fingerprint density at radius 3 is 2.44 bits per heavy atom. The van der Waals surface area contributed by atoms with E-state index >= 15 is 0 Å². The summed E-state index contributed by atoms with van der Waals surface area (Å²) in [6, 6.07) is 8.69. The smallest absolute Gasteiger partial charge is 0.0802 e. The number of hydrogen-bond acceptors (Lipinski definition) is 2. The van der Waals surface area contributed by atoms with Gasteiger partial charge in [-0.25, -0.2) is 0 Å². The van der Waals surface area contributed by atoms with Crippen LogP contribution in [-0.2, 0) is 0 Å². The normalized spacial score (nSPS) is 15.1. The fraction of sp³-hybridized carbons (Fsp3) is 0.625. The number of benzene rings is 1. The predicted octanol–water partition coefficient (Wildman–Crippen LogP) is 3.39. The molecule has 18 heavy (non-hydrogen) atoms. The van der Waals surface area contributed by atoms with Crippen molar-refractivity contribution in [2.24, 2.45) is 5.92 Å². The maximum absolute atomic E-state index is 10.2. The van der Waals surface area contributed by atoms with Crippen molar-refractivity contribution >= 4 is 0 Å². The summed E-state index contributed by atoms with van der Waals surface area (Å²) < 4.78 is 0. The number of hydrogen-bond donors (Lipinski definition) is 1. The molecule has 102 valence electrons. The van der Waals surface area contributed by atoms with Gasteiger partial charge in [-0.05, 0) is 38.8 Å². The van der Waals surface area contributed by atoms with Crippen molar-refractivity contribution in [2.75, 3.05) is 13.6 Å². The molecule has 0 saturated heterocycles. The molecule has 2 unspecified atom stereocenters. The van der Waals surface area contributed by atoms with Crippen molar-refractivity contribution in [3.05, 3.63) is 35.4 Å². The summed E-state index contributed by atoms with van der Waals surface area (Å²) in [6.07, 6.45) is 0.434. The van der Waals surface area contributed by atoms with Crippen LogP contribution in [-0.4, -0.2) is 29.6 Å². The van der Waals surface area contributed by atoms with Gasteiger partial charge in [0.05, 0.1) is 6.10 Å². The van der Waals surface area contributed by atoms with Crippen LogP contribution in [0.4, 0.5) is 0 Å². The van der Waals surface area contributed by atoms with Crippen LogP contribution in [0.25, 0.3) is 0 Å². The summed E-state index contributed by atoms with van der Waals surface area (Å²) in [5.41, 5.74) is 2.23. The molecule has 2 heteroatoms.